The largest absolute Gasteiger partial charge is 0.499 e. The van der Waals surface area contributed by atoms with Crippen LogP contribution in [0.15, 0.2) is 46.8 Å². The third-order valence-corrected chi connectivity index (χ3v) is 5.26. The summed E-state index contributed by atoms with van der Waals surface area (Å²) in [6, 6.07) is 7.16. The van der Waals surface area contributed by atoms with E-state index >= 15 is 0 Å². The Morgan fingerprint density at radius 3 is 2.64 bits per heavy atom. The molecule has 174 valence electrons. The van der Waals surface area contributed by atoms with E-state index in [9.17, 15) is 10.1 Å². The van der Waals surface area contributed by atoms with Gasteiger partial charge in [-0.25, -0.2) is 0 Å². The third kappa shape index (κ3) is 6.67. The standard InChI is InChI=1S/C21H25N5O3.C2H4N2/c1-28-17-5-6-18(19(23)9-17)21(27)26-11-15-3-4-16(12-26)25-13-24-8-7-14(10-22)20(15)29-2;3-1-2-4/h5-9,13,15-16H,3-4,11-12,23H2,1-2H3,(H,24,25);1-4H/b8-7-,20-14-;. The quantitative estimate of drug-likeness (QED) is 0.406. The molecule has 1 saturated heterocycles. The number of rotatable bonds is 4. The van der Waals surface area contributed by atoms with Crippen molar-refractivity contribution in [3.63, 3.8) is 0 Å². The molecule has 2 aliphatic rings. The summed E-state index contributed by atoms with van der Waals surface area (Å²) >= 11 is 0. The lowest BCUT2D eigenvalue weighted by Gasteiger charge is -2.27. The Morgan fingerprint density at radius 2 is 2.03 bits per heavy atom. The number of nitrogens with one attached hydrogen (secondary N) is 3. The molecule has 0 saturated carbocycles. The Labute approximate surface area is 193 Å². The summed E-state index contributed by atoms with van der Waals surface area (Å²) in [5.74, 6) is 0.889. The van der Waals surface area contributed by atoms with E-state index in [0.717, 1.165) is 25.3 Å². The summed E-state index contributed by atoms with van der Waals surface area (Å²) in [7, 11) is 3.11. The van der Waals surface area contributed by atoms with Crippen molar-refractivity contribution in [2.45, 2.75) is 18.9 Å². The first kappa shape index (κ1) is 25.1. The van der Waals surface area contributed by atoms with Gasteiger partial charge >= 0.3 is 0 Å². The summed E-state index contributed by atoms with van der Waals surface area (Å²) in [5.41, 5.74) is 7.31. The second-order valence-corrected chi connectivity index (χ2v) is 7.30. The lowest BCUT2D eigenvalue weighted by Crippen LogP contribution is -2.38. The highest BCUT2D eigenvalue weighted by Gasteiger charge is 2.31. The number of carbonyl (C=O) groups excluding carboxylic acids is 1. The van der Waals surface area contributed by atoms with Gasteiger partial charge in [0.25, 0.3) is 5.91 Å². The van der Waals surface area contributed by atoms with Crippen molar-refractivity contribution in [1.29, 1.82) is 16.1 Å². The molecule has 3 rings (SSSR count). The molecule has 2 heterocycles. The van der Waals surface area contributed by atoms with Crippen molar-refractivity contribution in [1.82, 2.24) is 10.2 Å². The fourth-order valence-electron chi connectivity index (χ4n) is 3.70. The number of ether oxygens (including phenoxy) is 2. The fourth-order valence-corrected chi connectivity index (χ4v) is 3.70. The first-order valence-corrected chi connectivity index (χ1v) is 10.3. The first-order chi connectivity index (χ1) is 16.0. The Balaban J connectivity index is 0.000000890. The summed E-state index contributed by atoms with van der Waals surface area (Å²) in [6.07, 6.45) is 8.28. The molecule has 1 fully saturated rings. The number of anilines is 1. The summed E-state index contributed by atoms with van der Waals surface area (Å²) in [4.78, 5) is 19.6. The SMILES string of the molecule is CO/C1=C(C#N)/C=C\NC=NC2CCC1CN(C(=O)c1ccc(OC)cc1N)C2.N=CC=N. The van der Waals surface area contributed by atoms with Gasteiger partial charge in [-0.15, -0.1) is 0 Å². The van der Waals surface area contributed by atoms with Crippen LogP contribution in [0.25, 0.3) is 0 Å². The number of fused-ring (bicyclic) bond motifs is 3. The van der Waals surface area contributed by atoms with E-state index in [2.05, 4.69) is 16.4 Å². The van der Waals surface area contributed by atoms with E-state index in [0.29, 0.717) is 41.4 Å². The second kappa shape index (κ2) is 12.7. The minimum atomic E-state index is -0.174. The molecule has 0 radical (unpaired) electrons. The van der Waals surface area contributed by atoms with Gasteiger partial charge in [-0.3, -0.25) is 9.79 Å². The van der Waals surface area contributed by atoms with Gasteiger partial charge in [-0.2, -0.15) is 5.26 Å². The minimum absolute atomic E-state index is 0.0638. The normalized spacial score (nSPS) is 22.8. The van der Waals surface area contributed by atoms with Crippen LogP contribution in [-0.4, -0.2) is 62.9 Å². The molecule has 10 nitrogen and oxygen atoms in total. The smallest absolute Gasteiger partial charge is 0.256 e. The Morgan fingerprint density at radius 1 is 1.27 bits per heavy atom. The molecule has 10 heteroatoms. The number of nitriles is 1. The Kier molecular flexibility index (Phi) is 9.64. The maximum atomic E-state index is 13.3. The number of hydrogen-bond donors (Lipinski definition) is 4. The highest BCUT2D eigenvalue weighted by Crippen LogP contribution is 2.30. The Bertz CT molecular complexity index is 988. The van der Waals surface area contributed by atoms with Crippen molar-refractivity contribution in [3.05, 3.63) is 47.4 Å². The van der Waals surface area contributed by atoms with Crippen molar-refractivity contribution in [2.75, 3.05) is 33.0 Å². The van der Waals surface area contributed by atoms with Crippen molar-refractivity contribution >= 4 is 30.4 Å². The number of nitrogens with zero attached hydrogens (tertiary/aromatic N) is 3. The number of amides is 1. The van der Waals surface area contributed by atoms with Crippen LogP contribution in [0.1, 0.15) is 23.2 Å². The zero-order chi connectivity index (χ0) is 24.2. The molecule has 5 N–H and O–H groups in total. The summed E-state index contributed by atoms with van der Waals surface area (Å²) < 4.78 is 10.8. The Hall–Kier alpha value is -4.13. The van der Waals surface area contributed by atoms with Crippen molar-refractivity contribution in [3.8, 4) is 11.8 Å². The predicted octanol–water partition coefficient (Wildman–Crippen LogP) is 2.35. The van der Waals surface area contributed by atoms with Gasteiger partial charge in [0.1, 0.15) is 17.6 Å². The molecule has 0 aliphatic carbocycles. The van der Waals surface area contributed by atoms with Crippen molar-refractivity contribution in [2.24, 2.45) is 10.9 Å². The van der Waals surface area contributed by atoms with Crippen molar-refractivity contribution < 1.29 is 14.3 Å². The number of carbonyl (C=O) groups is 1. The second-order valence-electron chi connectivity index (χ2n) is 7.30. The zero-order valence-electron chi connectivity index (χ0n) is 18.7. The molecule has 2 atom stereocenters. The minimum Gasteiger partial charge on any atom is -0.499 e. The summed E-state index contributed by atoms with van der Waals surface area (Å²) in [5, 5.41) is 24.7. The van der Waals surface area contributed by atoms with E-state index in [1.54, 1.807) is 55.9 Å². The van der Waals surface area contributed by atoms with Gasteiger partial charge in [0.2, 0.25) is 0 Å². The molecule has 0 aromatic heterocycles. The van der Waals surface area contributed by atoms with E-state index in [4.69, 9.17) is 26.0 Å². The average molecular weight is 452 g/mol. The maximum absolute atomic E-state index is 13.3. The molecule has 0 spiro atoms. The number of benzene rings is 1. The van der Waals surface area contributed by atoms with Crippen LogP contribution in [0.4, 0.5) is 5.69 Å². The molecule has 2 bridgehead atoms. The van der Waals surface area contributed by atoms with Crippen LogP contribution in [0.3, 0.4) is 0 Å². The van der Waals surface area contributed by atoms with Gasteiger partial charge in [-0.1, -0.05) is 0 Å². The number of likely N-dealkylation sites (tertiary alicyclic amines) is 1. The molecular weight excluding hydrogens is 422 g/mol. The van der Waals surface area contributed by atoms with E-state index in [1.165, 1.54) is 0 Å². The van der Waals surface area contributed by atoms with E-state index < -0.39 is 0 Å². The predicted molar refractivity (Wildman–Crippen MR) is 128 cm³/mol. The van der Waals surface area contributed by atoms with Crippen LogP contribution in [0.5, 0.6) is 5.75 Å². The molecule has 33 heavy (non-hydrogen) atoms. The number of aliphatic imine (C=N–C) groups is 1. The highest BCUT2D eigenvalue weighted by molar-refractivity contribution is 6.12. The van der Waals surface area contributed by atoms with Gasteiger partial charge in [0, 0.05) is 49.4 Å². The first-order valence-electron chi connectivity index (χ1n) is 10.3. The molecular formula is C23H29N7O3. The summed E-state index contributed by atoms with van der Waals surface area (Å²) in [6.45, 7) is 0.882. The monoisotopic (exact) mass is 451 g/mol. The number of methoxy groups -OCH3 is 2. The third-order valence-electron chi connectivity index (χ3n) is 5.26. The molecule has 1 aromatic carbocycles. The van der Waals surface area contributed by atoms with Crippen LogP contribution in [-0.2, 0) is 4.74 Å². The average Bonchev–Trinajstić information content (AvgIpc) is 3.06. The van der Waals surface area contributed by atoms with E-state index in [1.807, 2.05) is 0 Å². The van der Waals surface area contributed by atoms with E-state index in [-0.39, 0.29) is 17.9 Å². The lowest BCUT2D eigenvalue weighted by atomic mass is 9.96. The van der Waals surface area contributed by atoms with Gasteiger partial charge < -0.3 is 36.2 Å². The van der Waals surface area contributed by atoms with Crippen LogP contribution in [0, 0.1) is 28.1 Å². The van der Waals surface area contributed by atoms with Gasteiger partial charge in [0.15, 0.2) is 0 Å². The topological polar surface area (TPSA) is 161 Å². The zero-order valence-corrected chi connectivity index (χ0v) is 18.7. The number of hydrogen-bond acceptors (Lipinski definition) is 9. The number of nitrogens with two attached hydrogens (primary N) is 1. The van der Waals surface area contributed by atoms with Crippen LogP contribution < -0.4 is 15.8 Å². The fraction of sp³-hybridized carbons (Fsp3) is 0.348. The molecule has 1 aromatic rings. The molecule has 2 aliphatic heterocycles. The molecule has 2 unspecified atom stereocenters. The molecule has 1 amide bonds. The van der Waals surface area contributed by atoms with Gasteiger partial charge in [-0.05, 0) is 31.1 Å². The number of nitrogen functional groups attached to an aromatic ring is 1. The maximum Gasteiger partial charge on any atom is 0.256 e. The van der Waals surface area contributed by atoms with Crippen LogP contribution in [0.2, 0.25) is 0 Å². The van der Waals surface area contributed by atoms with Crippen LogP contribution >= 0.6 is 0 Å². The lowest BCUT2D eigenvalue weighted by molar-refractivity contribution is 0.0729. The van der Waals surface area contributed by atoms with Gasteiger partial charge in [0.05, 0.1) is 37.7 Å². The number of allylic oxidation sites excluding steroid dienone is 2. The highest BCUT2D eigenvalue weighted by atomic mass is 16.5.